The van der Waals surface area contributed by atoms with Crippen molar-refractivity contribution in [2.45, 2.75) is 33.2 Å². The van der Waals surface area contributed by atoms with Crippen LogP contribution >= 0.6 is 0 Å². The number of esters is 1. The fourth-order valence-corrected chi connectivity index (χ4v) is 5.03. The number of nitrogens with one attached hydrogen (secondary N) is 1. The number of morpholine rings is 1. The van der Waals surface area contributed by atoms with Gasteiger partial charge in [-0.05, 0) is 38.3 Å². The quantitative estimate of drug-likeness (QED) is 0.251. The van der Waals surface area contributed by atoms with E-state index in [-0.39, 0.29) is 23.6 Å². The zero-order valence-corrected chi connectivity index (χ0v) is 21.0. The first kappa shape index (κ1) is 25.7. The molecule has 9 nitrogen and oxygen atoms in total. The third-order valence-electron chi connectivity index (χ3n) is 6.79. The van der Waals surface area contributed by atoms with Crippen LogP contribution in [0.5, 0.6) is 0 Å². The van der Waals surface area contributed by atoms with Crippen LogP contribution in [-0.4, -0.2) is 83.5 Å². The molecule has 2 aromatic rings. The number of nitrogens with zero attached hydrogens (tertiary/aromatic N) is 2. The molecule has 36 heavy (non-hydrogen) atoms. The molecule has 2 aliphatic rings. The van der Waals surface area contributed by atoms with Gasteiger partial charge >= 0.3 is 5.97 Å². The smallest absolute Gasteiger partial charge is 0.355 e. The number of benzene rings is 1. The molecule has 4 rings (SSSR count). The van der Waals surface area contributed by atoms with E-state index in [0.717, 1.165) is 25.2 Å². The highest BCUT2D eigenvalue weighted by atomic mass is 16.5. The zero-order chi connectivity index (χ0) is 25.8. The highest BCUT2D eigenvalue weighted by Gasteiger charge is 2.46. The van der Waals surface area contributed by atoms with E-state index in [1.54, 1.807) is 25.7 Å². The van der Waals surface area contributed by atoms with Crippen molar-refractivity contribution < 1.29 is 29.0 Å². The second-order valence-electron chi connectivity index (χ2n) is 9.06. The molecule has 2 fully saturated rings. The fourth-order valence-electron chi connectivity index (χ4n) is 5.03. The molecule has 0 spiro atoms. The van der Waals surface area contributed by atoms with Gasteiger partial charge in [0.1, 0.15) is 11.5 Å². The Labute approximate surface area is 210 Å². The lowest BCUT2D eigenvalue weighted by molar-refractivity contribution is -0.140. The molecular weight excluding hydrogens is 462 g/mol. The van der Waals surface area contributed by atoms with Crippen molar-refractivity contribution in [3.8, 4) is 0 Å². The summed E-state index contributed by atoms with van der Waals surface area (Å²) in [6.07, 6.45) is 0.686. The summed E-state index contributed by atoms with van der Waals surface area (Å²) < 4.78 is 10.5. The summed E-state index contributed by atoms with van der Waals surface area (Å²) in [6, 6.07) is 8.51. The molecule has 0 saturated carbocycles. The third kappa shape index (κ3) is 4.94. The SMILES string of the molecule is CCOC(=O)c1[nH]c(C)c(C(O)=C2C(=O)C(=O)N(CCCN3CCOCC3)[C@H]2c2ccccc2)c1C. The van der Waals surface area contributed by atoms with E-state index in [9.17, 15) is 19.5 Å². The lowest BCUT2D eigenvalue weighted by Crippen LogP contribution is -2.38. The van der Waals surface area contributed by atoms with E-state index < -0.39 is 23.7 Å². The highest BCUT2D eigenvalue weighted by Crippen LogP contribution is 2.40. The second kappa shape index (κ2) is 11.1. The molecule has 192 valence electrons. The fraction of sp³-hybridized carbons (Fsp3) is 0.444. The number of carbonyl (C=O) groups excluding carboxylic acids is 3. The van der Waals surface area contributed by atoms with E-state index in [2.05, 4.69) is 9.88 Å². The Kier molecular flexibility index (Phi) is 7.91. The number of hydrogen-bond acceptors (Lipinski definition) is 7. The van der Waals surface area contributed by atoms with Gasteiger partial charge in [-0.1, -0.05) is 30.3 Å². The number of aliphatic hydroxyl groups is 1. The Bertz CT molecular complexity index is 1160. The summed E-state index contributed by atoms with van der Waals surface area (Å²) in [6.45, 7) is 9.54. The number of hydrogen-bond donors (Lipinski definition) is 2. The molecular formula is C27H33N3O6. The van der Waals surface area contributed by atoms with Crippen LogP contribution in [0.2, 0.25) is 0 Å². The molecule has 2 saturated heterocycles. The molecule has 0 unspecified atom stereocenters. The van der Waals surface area contributed by atoms with Gasteiger partial charge in [0.15, 0.2) is 0 Å². The minimum atomic E-state index is -0.731. The van der Waals surface area contributed by atoms with Crippen molar-refractivity contribution in [2.75, 3.05) is 46.0 Å². The number of H-pyrrole nitrogens is 1. The minimum Gasteiger partial charge on any atom is -0.507 e. The topological polar surface area (TPSA) is 112 Å². The summed E-state index contributed by atoms with van der Waals surface area (Å²) in [7, 11) is 0. The van der Waals surface area contributed by atoms with Crippen molar-refractivity contribution in [1.82, 2.24) is 14.8 Å². The number of amides is 1. The number of aromatic amines is 1. The summed E-state index contributed by atoms with van der Waals surface area (Å²) >= 11 is 0. The summed E-state index contributed by atoms with van der Waals surface area (Å²) in [5.41, 5.74) is 2.30. The monoisotopic (exact) mass is 495 g/mol. The van der Waals surface area contributed by atoms with Gasteiger partial charge in [0.2, 0.25) is 0 Å². The maximum Gasteiger partial charge on any atom is 0.355 e. The first-order valence-corrected chi connectivity index (χ1v) is 12.3. The van der Waals surface area contributed by atoms with Gasteiger partial charge in [0.25, 0.3) is 11.7 Å². The number of ketones is 1. The Hall–Kier alpha value is -3.43. The standard InChI is InChI=1S/C27H33N3O6/c1-4-36-27(34)22-17(2)20(18(3)28-22)24(31)21-23(19-9-6-5-7-10-19)30(26(33)25(21)32)12-8-11-29-13-15-35-16-14-29/h5-7,9-10,23,28,31H,4,8,11-16H2,1-3H3/t23-/m0/s1. The molecule has 3 heterocycles. The minimum absolute atomic E-state index is 0.0261. The number of Topliss-reactive ketones (excluding diaryl/α,β-unsaturated/α-hetero) is 1. The van der Waals surface area contributed by atoms with Crippen molar-refractivity contribution in [2.24, 2.45) is 0 Å². The first-order valence-electron chi connectivity index (χ1n) is 12.3. The van der Waals surface area contributed by atoms with Crippen molar-refractivity contribution >= 4 is 23.4 Å². The highest BCUT2D eigenvalue weighted by molar-refractivity contribution is 6.46. The van der Waals surface area contributed by atoms with E-state index in [1.165, 1.54) is 0 Å². The third-order valence-corrected chi connectivity index (χ3v) is 6.79. The van der Waals surface area contributed by atoms with Gasteiger partial charge in [-0.25, -0.2) is 4.79 Å². The van der Waals surface area contributed by atoms with Crippen LogP contribution < -0.4 is 0 Å². The number of ether oxygens (including phenoxy) is 2. The Morgan fingerprint density at radius 2 is 1.83 bits per heavy atom. The van der Waals surface area contributed by atoms with Crippen LogP contribution in [0.25, 0.3) is 5.76 Å². The van der Waals surface area contributed by atoms with Gasteiger partial charge in [-0.3, -0.25) is 14.5 Å². The van der Waals surface area contributed by atoms with Gasteiger partial charge in [-0.2, -0.15) is 0 Å². The molecule has 2 aliphatic heterocycles. The van der Waals surface area contributed by atoms with Crippen molar-refractivity contribution in [1.29, 1.82) is 0 Å². The molecule has 1 amide bonds. The molecule has 0 aliphatic carbocycles. The number of aliphatic hydroxyl groups excluding tert-OH is 1. The molecule has 1 aromatic heterocycles. The maximum absolute atomic E-state index is 13.3. The van der Waals surface area contributed by atoms with E-state index in [0.29, 0.717) is 43.0 Å². The summed E-state index contributed by atoms with van der Waals surface area (Å²) in [5, 5.41) is 11.5. The Balaban J connectivity index is 1.71. The predicted octanol–water partition coefficient (Wildman–Crippen LogP) is 2.95. The summed E-state index contributed by atoms with van der Waals surface area (Å²) in [4.78, 5) is 45.7. The zero-order valence-electron chi connectivity index (χ0n) is 21.0. The van der Waals surface area contributed by atoms with E-state index >= 15 is 0 Å². The molecule has 0 radical (unpaired) electrons. The lowest BCUT2D eigenvalue weighted by atomic mass is 9.94. The van der Waals surface area contributed by atoms with Gasteiger partial charge in [0.05, 0.1) is 31.4 Å². The van der Waals surface area contributed by atoms with Crippen LogP contribution in [0.3, 0.4) is 0 Å². The normalized spacial score (nSPS) is 20.2. The first-order chi connectivity index (χ1) is 17.3. The predicted molar refractivity (Wildman–Crippen MR) is 134 cm³/mol. The number of aromatic nitrogens is 1. The molecule has 1 atom stereocenters. The van der Waals surface area contributed by atoms with Gasteiger partial charge in [-0.15, -0.1) is 0 Å². The van der Waals surface area contributed by atoms with Crippen molar-refractivity contribution in [3.63, 3.8) is 0 Å². The molecule has 2 N–H and O–H groups in total. The Morgan fingerprint density at radius 3 is 2.50 bits per heavy atom. The van der Waals surface area contributed by atoms with Crippen LogP contribution in [-0.2, 0) is 19.1 Å². The number of carbonyl (C=O) groups is 3. The lowest BCUT2D eigenvalue weighted by Gasteiger charge is -2.29. The maximum atomic E-state index is 13.3. The number of likely N-dealkylation sites (tertiary alicyclic amines) is 1. The Morgan fingerprint density at radius 1 is 1.14 bits per heavy atom. The van der Waals surface area contributed by atoms with Crippen molar-refractivity contribution in [3.05, 3.63) is 64.0 Å². The summed E-state index contributed by atoms with van der Waals surface area (Å²) in [5.74, 6) is -2.20. The largest absolute Gasteiger partial charge is 0.507 e. The van der Waals surface area contributed by atoms with Crippen LogP contribution in [0.15, 0.2) is 35.9 Å². The molecule has 0 bridgehead atoms. The molecule has 1 aromatic carbocycles. The van der Waals surface area contributed by atoms with E-state index in [4.69, 9.17) is 9.47 Å². The van der Waals surface area contributed by atoms with E-state index in [1.807, 2.05) is 30.3 Å². The molecule has 9 heteroatoms. The van der Waals surface area contributed by atoms with Gasteiger partial charge in [0, 0.05) is 37.4 Å². The van der Waals surface area contributed by atoms with Gasteiger partial charge < -0.3 is 24.5 Å². The second-order valence-corrected chi connectivity index (χ2v) is 9.06. The average molecular weight is 496 g/mol. The van der Waals surface area contributed by atoms with Crippen LogP contribution in [0, 0.1) is 13.8 Å². The average Bonchev–Trinajstić information content (AvgIpc) is 3.32. The van der Waals surface area contributed by atoms with Crippen LogP contribution in [0.4, 0.5) is 0 Å². The van der Waals surface area contributed by atoms with Crippen LogP contribution in [0.1, 0.15) is 52.3 Å². The number of rotatable bonds is 8. The number of aryl methyl sites for hydroxylation is 1.